The average Bonchev–Trinajstić information content (AvgIpc) is 2.94. The van der Waals surface area contributed by atoms with Gasteiger partial charge in [0.1, 0.15) is 5.82 Å². The fourth-order valence-electron chi connectivity index (χ4n) is 4.69. The highest BCUT2D eigenvalue weighted by Gasteiger charge is 2.52. The van der Waals surface area contributed by atoms with Gasteiger partial charge in [-0.2, -0.15) is 0 Å². The van der Waals surface area contributed by atoms with Gasteiger partial charge in [-0.05, 0) is 46.0 Å². The zero-order valence-electron chi connectivity index (χ0n) is 15.1. The van der Waals surface area contributed by atoms with Crippen LogP contribution in [-0.2, 0) is 16.8 Å². The quantitative estimate of drug-likeness (QED) is 0.575. The van der Waals surface area contributed by atoms with Crippen LogP contribution in [0.3, 0.4) is 0 Å². The van der Waals surface area contributed by atoms with Gasteiger partial charge in [-0.1, -0.05) is 30.3 Å². The molecule has 138 valence electrons. The van der Waals surface area contributed by atoms with Crippen LogP contribution in [0.5, 0.6) is 0 Å². The SMILES string of the molecule is CN1CC2(CC(OCc3ccccc3)C2)c2c1cnc1cc(F)c(Br)cc21. The van der Waals surface area contributed by atoms with Crippen LogP contribution in [0, 0.1) is 5.82 Å². The summed E-state index contributed by atoms with van der Waals surface area (Å²) < 4.78 is 20.6. The number of aromatic nitrogens is 1. The minimum Gasteiger partial charge on any atom is -0.373 e. The predicted octanol–water partition coefficient (Wildman–Crippen LogP) is 5.20. The molecule has 3 nitrogen and oxygen atoms in total. The zero-order valence-corrected chi connectivity index (χ0v) is 16.7. The summed E-state index contributed by atoms with van der Waals surface area (Å²) in [5.74, 6) is -0.270. The van der Waals surface area contributed by atoms with E-state index in [4.69, 9.17) is 4.74 Å². The first-order chi connectivity index (χ1) is 13.1. The Balaban J connectivity index is 1.44. The summed E-state index contributed by atoms with van der Waals surface area (Å²) in [7, 11) is 2.11. The third-order valence-corrected chi connectivity index (χ3v) is 6.54. The maximum atomic E-state index is 14.0. The van der Waals surface area contributed by atoms with Gasteiger partial charge in [-0.15, -0.1) is 0 Å². The smallest absolute Gasteiger partial charge is 0.139 e. The molecule has 0 saturated heterocycles. The lowest BCUT2D eigenvalue weighted by Crippen LogP contribution is -2.48. The normalized spacial score (nSPS) is 23.7. The summed E-state index contributed by atoms with van der Waals surface area (Å²) in [5.41, 5.74) is 4.45. The monoisotopic (exact) mass is 426 g/mol. The molecule has 3 aromatic rings. The van der Waals surface area contributed by atoms with E-state index in [1.165, 1.54) is 17.2 Å². The van der Waals surface area contributed by atoms with E-state index in [2.05, 4.69) is 45.0 Å². The van der Waals surface area contributed by atoms with Crippen molar-refractivity contribution in [1.29, 1.82) is 0 Å². The second kappa shape index (κ2) is 6.28. The number of nitrogens with zero attached hydrogens (tertiary/aromatic N) is 2. The minimum absolute atomic E-state index is 0.0733. The average molecular weight is 427 g/mol. The van der Waals surface area contributed by atoms with Crippen LogP contribution in [-0.4, -0.2) is 24.7 Å². The molecule has 1 spiro atoms. The van der Waals surface area contributed by atoms with Crippen LogP contribution < -0.4 is 4.90 Å². The van der Waals surface area contributed by atoms with Gasteiger partial charge in [0.2, 0.25) is 0 Å². The van der Waals surface area contributed by atoms with Gasteiger partial charge in [-0.3, -0.25) is 4.98 Å². The van der Waals surface area contributed by atoms with Gasteiger partial charge in [0.25, 0.3) is 0 Å². The Morgan fingerprint density at radius 3 is 2.81 bits per heavy atom. The fraction of sp³-hybridized carbons (Fsp3) is 0.318. The van der Waals surface area contributed by atoms with Crippen molar-refractivity contribution in [3.8, 4) is 0 Å². The fourth-order valence-corrected chi connectivity index (χ4v) is 5.04. The van der Waals surface area contributed by atoms with Crippen molar-refractivity contribution in [1.82, 2.24) is 4.98 Å². The molecule has 0 radical (unpaired) electrons. The maximum Gasteiger partial charge on any atom is 0.139 e. The van der Waals surface area contributed by atoms with Crippen molar-refractivity contribution in [2.45, 2.75) is 31.0 Å². The van der Waals surface area contributed by atoms with E-state index >= 15 is 0 Å². The molecule has 27 heavy (non-hydrogen) atoms. The molecule has 0 N–H and O–H groups in total. The molecule has 0 atom stereocenters. The standard InChI is InChI=1S/C22H20BrFN2O/c1-26-13-22(9-15(10-22)27-12-14-5-3-2-4-6-14)21-16-7-17(23)18(24)8-19(16)25-11-20(21)26/h2-8,11,15H,9-10,12-13H2,1H3. The van der Waals surface area contributed by atoms with Crippen LogP contribution in [0.4, 0.5) is 10.1 Å². The Morgan fingerprint density at radius 1 is 1.26 bits per heavy atom. The van der Waals surface area contributed by atoms with Crippen molar-refractivity contribution in [3.05, 3.63) is 70.1 Å². The van der Waals surface area contributed by atoms with Crippen LogP contribution in [0.1, 0.15) is 24.0 Å². The molecule has 1 fully saturated rings. The molecular formula is C22H20BrFN2O. The van der Waals surface area contributed by atoms with Gasteiger partial charge in [0.15, 0.2) is 0 Å². The first kappa shape index (κ1) is 17.1. The van der Waals surface area contributed by atoms with E-state index < -0.39 is 0 Å². The highest BCUT2D eigenvalue weighted by Crippen LogP contribution is 2.55. The summed E-state index contributed by atoms with van der Waals surface area (Å²) in [6.45, 7) is 1.61. The number of hydrogen-bond acceptors (Lipinski definition) is 3. The Bertz CT molecular complexity index is 1020. The van der Waals surface area contributed by atoms with Gasteiger partial charge >= 0.3 is 0 Å². The number of pyridine rings is 1. The zero-order chi connectivity index (χ0) is 18.6. The van der Waals surface area contributed by atoms with Crippen molar-refractivity contribution in [3.63, 3.8) is 0 Å². The van der Waals surface area contributed by atoms with E-state index in [0.29, 0.717) is 11.1 Å². The van der Waals surface area contributed by atoms with E-state index in [-0.39, 0.29) is 17.3 Å². The Kier molecular flexibility index (Phi) is 3.99. The lowest BCUT2D eigenvalue weighted by atomic mass is 9.63. The van der Waals surface area contributed by atoms with E-state index in [1.807, 2.05) is 30.5 Å². The lowest BCUT2D eigenvalue weighted by molar-refractivity contribution is -0.0500. The van der Waals surface area contributed by atoms with Gasteiger partial charge in [0.05, 0.1) is 34.6 Å². The highest BCUT2D eigenvalue weighted by atomic mass is 79.9. The van der Waals surface area contributed by atoms with E-state index in [0.717, 1.165) is 36.0 Å². The molecule has 5 heteroatoms. The lowest BCUT2D eigenvalue weighted by Gasteiger charge is -2.45. The van der Waals surface area contributed by atoms with Crippen molar-refractivity contribution < 1.29 is 9.13 Å². The van der Waals surface area contributed by atoms with Crippen LogP contribution >= 0.6 is 15.9 Å². The Labute approximate surface area is 166 Å². The largest absolute Gasteiger partial charge is 0.373 e. The van der Waals surface area contributed by atoms with Crippen molar-refractivity contribution in [2.24, 2.45) is 0 Å². The van der Waals surface area contributed by atoms with Crippen LogP contribution in [0.25, 0.3) is 10.9 Å². The first-order valence-corrected chi connectivity index (χ1v) is 10.00. The Morgan fingerprint density at radius 2 is 2.04 bits per heavy atom. The number of fused-ring (bicyclic) bond motifs is 4. The molecule has 2 aliphatic rings. The second-order valence-corrected chi connectivity index (χ2v) is 8.62. The molecule has 0 bridgehead atoms. The maximum absolute atomic E-state index is 14.0. The Hall–Kier alpha value is -1.98. The highest BCUT2D eigenvalue weighted by molar-refractivity contribution is 9.10. The molecule has 2 aromatic carbocycles. The van der Waals surface area contributed by atoms with Gasteiger partial charge in [0, 0.05) is 30.5 Å². The molecule has 0 unspecified atom stereocenters. The predicted molar refractivity (Wildman–Crippen MR) is 109 cm³/mol. The van der Waals surface area contributed by atoms with E-state index in [9.17, 15) is 4.39 Å². The number of rotatable bonds is 3. The second-order valence-electron chi connectivity index (χ2n) is 7.77. The molecule has 2 heterocycles. The molecule has 0 amide bonds. The molecule has 5 rings (SSSR count). The number of hydrogen-bond donors (Lipinski definition) is 0. The molecular weight excluding hydrogens is 407 g/mol. The number of ether oxygens (including phenoxy) is 1. The molecule has 1 aliphatic heterocycles. The van der Waals surface area contributed by atoms with Crippen LogP contribution in [0.15, 0.2) is 53.1 Å². The molecule has 1 aromatic heterocycles. The summed E-state index contributed by atoms with van der Waals surface area (Å²) in [6.07, 6.45) is 4.13. The third-order valence-electron chi connectivity index (χ3n) is 5.94. The first-order valence-electron chi connectivity index (χ1n) is 9.21. The number of likely N-dealkylation sites (N-methyl/N-ethyl adjacent to an activating group) is 1. The number of benzene rings is 2. The summed E-state index contributed by atoms with van der Waals surface area (Å²) in [5, 5.41) is 1.05. The molecule has 1 saturated carbocycles. The number of anilines is 1. The summed E-state index contributed by atoms with van der Waals surface area (Å²) >= 11 is 3.34. The topological polar surface area (TPSA) is 25.4 Å². The number of halogens is 2. The minimum atomic E-state index is -0.270. The van der Waals surface area contributed by atoms with E-state index in [1.54, 1.807) is 0 Å². The summed E-state index contributed by atoms with van der Waals surface area (Å²) in [4.78, 5) is 6.76. The third kappa shape index (κ3) is 2.75. The molecule has 1 aliphatic carbocycles. The van der Waals surface area contributed by atoms with Gasteiger partial charge < -0.3 is 9.64 Å². The summed E-state index contributed by atoms with van der Waals surface area (Å²) in [6, 6.07) is 13.7. The van der Waals surface area contributed by atoms with Crippen LogP contribution in [0.2, 0.25) is 0 Å². The van der Waals surface area contributed by atoms with Crippen molar-refractivity contribution >= 4 is 32.5 Å². The van der Waals surface area contributed by atoms with Crippen molar-refractivity contribution in [2.75, 3.05) is 18.5 Å². The van der Waals surface area contributed by atoms with Gasteiger partial charge in [-0.25, -0.2) is 4.39 Å².